The Morgan fingerprint density at radius 3 is 3.00 bits per heavy atom. The van der Waals surface area contributed by atoms with Crippen molar-refractivity contribution in [2.24, 2.45) is 0 Å². The van der Waals surface area contributed by atoms with Crippen molar-refractivity contribution in [3.05, 3.63) is 33.8 Å². The summed E-state index contributed by atoms with van der Waals surface area (Å²) in [4.78, 5) is 14.2. The van der Waals surface area contributed by atoms with E-state index in [0.29, 0.717) is 12.5 Å². The SMILES string of the molecule is Cc1cc(Br)ccc1CC(=O)N1CCN[C@H](C)C1. The lowest BCUT2D eigenvalue weighted by Gasteiger charge is -2.32. The normalized spacial score (nSPS) is 19.9. The molecule has 1 aromatic rings. The van der Waals surface area contributed by atoms with Crippen LogP contribution in [0.5, 0.6) is 0 Å². The third-order valence-electron chi connectivity index (χ3n) is 3.37. The van der Waals surface area contributed by atoms with Gasteiger partial charge in [0.05, 0.1) is 6.42 Å². The summed E-state index contributed by atoms with van der Waals surface area (Å²) in [6, 6.07) is 6.48. The molecular weight excluding hydrogens is 292 g/mol. The van der Waals surface area contributed by atoms with Crippen LogP contribution in [0.1, 0.15) is 18.1 Å². The summed E-state index contributed by atoms with van der Waals surface area (Å²) in [7, 11) is 0. The monoisotopic (exact) mass is 310 g/mol. The fourth-order valence-electron chi connectivity index (χ4n) is 2.29. The van der Waals surface area contributed by atoms with Crippen LogP contribution in [0.25, 0.3) is 0 Å². The Kier molecular flexibility index (Phi) is 4.40. The first-order chi connectivity index (χ1) is 8.56. The number of halogens is 1. The molecule has 0 saturated carbocycles. The van der Waals surface area contributed by atoms with Gasteiger partial charge in [-0.2, -0.15) is 0 Å². The second-order valence-electron chi connectivity index (χ2n) is 4.94. The first-order valence-corrected chi connectivity index (χ1v) is 7.12. The molecule has 0 bridgehead atoms. The maximum absolute atomic E-state index is 12.2. The Bertz CT molecular complexity index is 447. The Balaban J connectivity index is 2.02. The predicted molar refractivity (Wildman–Crippen MR) is 76.6 cm³/mol. The Morgan fingerprint density at radius 2 is 2.33 bits per heavy atom. The van der Waals surface area contributed by atoms with Gasteiger partial charge in [-0.15, -0.1) is 0 Å². The lowest BCUT2D eigenvalue weighted by atomic mass is 10.0. The Morgan fingerprint density at radius 1 is 1.56 bits per heavy atom. The predicted octanol–water partition coefficient (Wildman–Crippen LogP) is 2.12. The van der Waals surface area contributed by atoms with E-state index in [9.17, 15) is 4.79 Å². The Labute approximate surface area is 117 Å². The topological polar surface area (TPSA) is 32.3 Å². The van der Waals surface area contributed by atoms with E-state index in [-0.39, 0.29) is 5.91 Å². The third kappa shape index (κ3) is 3.33. The molecule has 0 radical (unpaired) electrons. The van der Waals surface area contributed by atoms with E-state index < -0.39 is 0 Å². The van der Waals surface area contributed by atoms with Crippen LogP contribution in [0.15, 0.2) is 22.7 Å². The number of piperazine rings is 1. The van der Waals surface area contributed by atoms with Gasteiger partial charge in [-0.3, -0.25) is 4.79 Å². The van der Waals surface area contributed by atoms with E-state index >= 15 is 0 Å². The number of hydrogen-bond acceptors (Lipinski definition) is 2. The molecule has 1 aromatic carbocycles. The van der Waals surface area contributed by atoms with Crippen LogP contribution in [-0.4, -0.2) is 36.5 Å². The average molecular weight is 311 g/mol. The molecule has 3 nitrogen and oxygen atoms in total. The lowest BCUT2D eigenvalue weighted by Crippen LogP contribution is -2.51. The van der Waals surface area contributed by atoms with E-state index in [4.69, 9.17) is 0 Å². The molecule has 0 unspecified atom stereocenters. The smallest absolute Gasteiger partial charge is 0.227 e. The molecule has 1 fully saturated rings. The number of amides is 1. The maximum atomic E-state index is 12.2. The van der Waals surface area contributed by atoms with Crippen LogP contribution in [0.3, 0.4) is 0 Å². The standard InChI is InChI=1S/C14H19BrN2O/c1-10-7-13(15)4-3-12(10)8-14(18)17-6-5-16-11(2)9-17/h3-4,7,11,16H,5-6,8-9H2,1-2H3/t11-/m1/s1. The fraction of sp³-hybridized carbons (Fsp3) is 0.500. The van der Waals surface area contributed by atoms with Gasteiger partial charge in [-0.1, -0.05) is 22.0 Å². The van der Waals surface area contributed by atoms with E-state index in [2.05, 4.69) is 34.2 Å². The molecule has 0 aliphatic carbocycles. The highest BCUT2D eigenvalue weighted by atomic mass is 79.9. The number of rotatable bonds is 2. The van der Waals surface area contributed by atoms with Crippen molar-refractivity contribution in [1.82, 2.24) is 10.2 Å². The van der Waals surface area contributed by atoms with Crippen LogP contribution in [0.2, 0.25) is 0 Å². The summed E-state index contributed by atoms with van der Waals surface area (Å²) in [6.07, 6.45) is 0.506. The number of hydrogen-bond donors (Lipinski definition) is 1. The van der Waals surface area contributed by atoms with Crippen LogP contribution >= 0.6 is 15.9 Å². The minimum absolute atomic E-state index is 0.230. The van der Waals surface area contributed by atoms with Gasteiger partial charge in [0.15, 0.2) is 0 Å². The van der Waals surface area contributed by atoms with Crippen molar-refractivity contribution < 1.29 is 4.79 Å². The molecular formula is C14H19BrN2O. The van der Waals surface area contributed by atoms with Gasteiger partial charge in [-0.05, 0) is 37.1 Å². The second-order valence-corrected chi connectivity index (χ2v) is 5.86. The van der Waals surface area contributed by atoms with Crippen LogP contribution in [0.4, 0.5) is 0 Å². The summed E-state index contributed by atoms with van der Waals surface area (Å²) in [5, 5.41) is 3.35. The molecule has 98 valence electrons. The quantitative estimate of drug-likeness (QED) is 0.907. The first kappa shape index (κ1) is 13.6. The van der Waals surface area contributed by atoms with Crippen LogP contribution < -0.4 is 5.32 Å². The fourth-order valence-corrected chi connectivity index (χ4v) is 2.77. The van der Waals surface area contributed by atoms with E-state index in [0.717, 1.165) is 29.7 Å². The molecule has 1 N–H and O–H groups in total. The zero-order valence-corrected chi connectivity index (χ0v) is 12.5. The summed E-state index contributed by atoms with van der Waals surface area (Å²) in [5.74, 6) is 0.230. The molecule has 1 heterocycles. The lowest BCUT2D eigenvalue weighted by molar-refractivity contribution is -0.131. The Hall–Kier alpha value is -0.870. The highest BCUT2D eigenvalue weighted by molar-refractivity contribution is 9.10. The van der Waals surface area contributed by atoms with Crippen molar-refractivity contribution in [3.63, 3.8) is 0 Å². The minimum atomic E-state index is 0.230. The molecule has 4 heteroatoms. The van der Waals surface area contributed by atoms with Crippen LogP contribution in [0, 0.1) is 6.92 Å². The van der Waals surface area contributed by atoms with Crippen molar-refractivity contribution in [2.45, 2.75) is 26.3 Å². The highest BCUT2D eigenvalue weighted by Crippen LogP contribution is 2.17. The van der Waals surface area contributed by atoms with Crippen molar-refractivity contribution in [1.29, 1.82) is 0 Å². The van der Waals surface area contributed by atoms with Gasteiger partial charge in [0.1, 0.15) is 0 Å². The molecule has 0 aromatic heterocycles. The zero-order chi connectivity index (χ0) is 13.1. The van der Waals surface area contributed by atoms with Crippen molar-refractivity contribution in [3.8, 4) is 0 Å². The van der Waals surface area contributed by atoms with Gasteiger partial charge in [0.25, 0.3) is 0 Å². The number of aryl methyl sites for hydroxylation is 1. The molecule has 18 heavy (non-hydrogen) atoms. The summed E-state index contributed by atoms with van der Waals surface area (Å²) < 4.78 is 1.06. The van der Waals surface area contributed by atoms with E-state index in [1.807, 2.05) is 24.0 Å². The average Bonchev–Trinajstić information content (AvgIpc) is 2.32. The molecule has 1 saturated heterocycles. The van der Waals surface area contributed by atoms with Gasteiger partial charge >= 0.3 is 0 Å². The molecule has 1 aliphatic heterocycles. The molecule has 1 aliphatic rings. The van der Waals surface area contributed by atoms with Gasteiger partial charge in [0, 0.05) is 30.1 Å². The number of nitrogens with zero attached hydrogens (tertiary/aromatic N) is 1. The number of nitrogens with one attached hydrogen (secondary N) is 1. The molecule has 1 atom stereocenters. The zero-order valence-electron chi connectivity index (χ0n) is 10.9. The van der Waals surface area contributed by atoms with Crippen molar-refractivity contribution in [2.75, 3.05) is 19.6 Å². The van der Waals surface area contributed by atoms with Gasteiger partial charge in [0.2, 0.25) is 5.91 Å². The first-order valence-electron chi connectivity index (χ1n) is 6.32. The molecule has 1 amide bonds. The summed E-state index contributed by atoms with van der Waals surface area (Å²) in [5.41, 5.74) is 2.29. The summed E-state index contributed by atoms with van der Waals surface area (Å²) in [6.45, 7) is 6.69. The number of carbonyl (C=O) groups is 1. The number of carbonyl (C=O) groups excluding carboxylic acids is 1. The third-order valence-corrected chi connectivity index (χ3v) is 3.86. The maximum Gasteiger partial charge on any atom is 0.227 e. The van der Waals surface area contributed by atoms with E-state index in [1.165, 1.54) is 5.56 Å². The van der Waals surface area contributed by atoms with E-state index in [1.54, 1.807) is 0 Å². The number of benzene rings is 1. The highest BCUT2D eigenvalue weighted by Gasteiger charge is 2.20. The molecule has 0 spiro atoms. The second kappa shape index (κ2) is 5.85. The molecule has 2 rings (SSSR count). The summed E-state index contributed by atoms with van der Waals surface area (Å²) >= 11 is 3.44. The van der Waals surface area contributed by atoms with Gasteiger partial charge in [-0.25, -0.2) is 0 Å². The van der Waals surface area contributed by atoms with Gasteiger partial charge < -0.3 is 10.2 Å². The van der Waals surface area contributed by atoms with Crippen molar-refractivity contribution >= 4 is 21.8 Å². The minimum Gasteiger partial charge on any atom is -0.340 e. The van der Waals surface area contributed by atoms with Crippen LogP contribution in [-0.2, 0) is 11.2 Å². The largest absolute Gasteiger partial charge is 0.340 e.